The van der Waals surface area contributed by atoms with Gasteiger partial charge in [0.25, 0.3) is 11.5 Å². The van der Waals surface area contributed by atoms with Gasteiger partial charge in [-0.2, -0.15) is 5.10 Å². The number of hydrogen-bond donors (Lipinski definition) is 1. The molecule has 6 nitrogen and oxygen atoms in total. The van der Waals surface area contributed by atoms with Crippen molar-refractivity contribution in [1.82, 2.24) is 14.5 Å². The Bertz CT molecular complexity index is 683. The Morgan fingerprint density at radius 1 is 1.37 bits per heavy atom. The molecule has 0 bridgehead atoms. The average molecular weight is 372 g/mol. The number of carbonyl (C=O) groups excluding carboxylic acids is 1. The molecule has 0 radical (unpaired) electrons. The number of rotatable bonds is 2. The lowest BCUT2D eigenvalue weighted by atomic mass is 10.2. The van der Waals surface area contributed by atoms with Crippen molar-refractivity contribution in [2.24, 2.45) is 7.05 Å². The maximum atomic E-state index is 12.2. The molecule has 1 amide bonds. The first-order valence-corrected chi connectivity index (χ1v) is 6.67. The zero-order chi connectivity index (χ0) is 14.2. The molecule has 0 aliphatic carbocycles. The smallest absolute Gasteiger partial charge is 0.267 e. The highest BCUT2D eigenvalue weighted by molar-refractivity contribution is 14.1. The summed E-state index contributed by atoms with van der Waals surface area (Å²) >= 11 is 2.03. The summed E-state index contributed by atoms with van der Waals surface area (Å²) in [7, 11) is 1.68. The number of nitrogens with zero attached hydrogens (tertiary/aromatic N) is 3. The predicted molar refractivity (Wildman–Crippen MR) is 79.8 cm³/mol. The number of aryl methyl sites for hydroxylation is 3. The molecule has 0 aliphatic rings. The molecule has 2 heterocycles. The quantitative estimate of drug-likeness (QED) is 0.806. The summed E-state index contributed by atoms with van der Waals surface area (Å²) in [5, 5.41) is 4.00. The first-order chi connectivity index (χ1) is 8.90. The predicted octanol–water partition coefficient (Wildman–Crippen LogP) is 1.19. The van der Waals surface area contributed by atoms with Crippen LogP contribution < -0.4 is 11.0 Å². The lowest BCUT2D eigenvalue weighted by Crippen LogP contribution is -2.35. The van der Waals surface area contributed by atoms with Crippen LogP contribution in [0.25, 0.3) is 0 Å². The SMILES string of the molecule is Cc1cc(C)n(NC(=O)c2c(I)cnn2C)c(=O)c1. The average Bonchev–Trinajstić information content (AvgIpc) is 2.63. The highest BCUT2D eigenvalue weighted by Crippen LogP contribution is 2.10. The van der Waals surface area contributed by atoms with E-state index in [-0.39, 0.29) is 11.5 Å². The third-order valence-electron chi connectivity index (χ3n) is 2.68. The third kappa shape index (κ3) is 2.70. The van der Waals surface area contributed by atoms with Gasteiger partial charge in [-0.15, -0.1) is 0 Å². The van der Waals surface area contributed by atoms with Gasteiger partial charge in [-0.1, -0.05) is 0 Å². The molecule has 19 heavy (non-hydrogen) atoms. The Balaban J connectivity index is 2.38. The second-order valence-corrected chi connectivity index (χ2v) is 5.42. The maximum absolute atomic E-state index is 12.2. The second kappa shape index (κ2) is 5.16. The Morgan fingerprint density at radius 3 is 2.58 bits per heavy atom. The van der Waals surface area contributed by atoms with Crippen LogP contribution in [0.2, 0.25) is 0 Å². The Hall–Kier alpha value is -1.64. The van der Waals surface area contributed by atoms with Crippen molar-refractivity contribution >= 4 is 28.5 Å². The van der Waals surface area contributed by atoms with Crippen LogP contribution in [0.4, 0.5) is 0 Å². The molecule has 0 saturated carbocycles. The molecule has 0 fully saturated rings. The van der Waals surface area contributed by atoms with Crippen LogP contribution >= 0.6 is 22.6 Å². The number of pyridine rings is 1. The van der Waals surface area contributed by atoms with Crippen molar-refractivity contribution in [3.05, 3.63) is 49.2 Å². The molecule has 2 rings (SSSR count). The number of aromatic nitrogens is 3. The lowest BCUT2D eigenvalue weighted by molar-refractivity contribution is 0.0996. The molecule has 0 atom stereocenters. The number of amides is 1. The normalized spacial score (nSPS) is 10.5. The molecule has 0 spiro atoms. The number of halogens is 1. The summed E-state index contributed by atoms with van der Waals surface area (Å²) in [4.78, 5) is 24.0. The van der Waals surface area contributed by atoms with Crippen molar-refractivity contribution in [2.75, 3.05) is 5.43 Å². The largest absolute Gasteiger partial charge is 0.289 e. The third-order valence-corrected chi connectivity index (χ3v) is 3.47. The zero-order valence-electron chi connectivity index (χ0n) is 10.8. The Morgan fingerprint density at radius 2 is 2.05 bits per heavy atom. The lowest BCUT2D eigenvalue weighted by Gasteiger charge is -2.12. The van der Waals surface area contributed by atoms with E-state index in [4.69, 9.17) is 0 Å². The second-order valence-electron chi connectivity index (χ2n) is 4.25. The summed E-state index contributed by atoms with van der Waals surface area (Å²) < 4.78 is 3.44. The van der Waals surface area contributed by atoms with Crippen LogP contribution in [0.3, 0.4) is 0 Å². The fourth-order valence-corrected chi connectivity index (χ4v) is 2.55. The van der Waals surface area contributed by atoms with Gasteiger partial charge in [0, 0.05) is 18.8 Å². The maximum Gasteiger partial charge on any atom is 0.289 e. The molecule has 0 aliphatic heterocycles. The van der Waals surface area contributed by atoms with E-state index in [0.717, 1.165) is 9.13 Å². The molecular weight excluding hydrogens is 359 g/mol. The highest BCUT2D eigenvalue weighted by Gasteiger charge is 2.16. The van der Waals surface area contributed by atoms with E-state index < -0.39 is 0 Å². The minimum absolute atomic E-state index is 0.261. The standard InChI is InChI=1S/C12H13IN4O2/c1-7-4-8(2)17(10(18)5-7)15-12(19)11-9(13)6-14-16(11)3/h4-6H,1-3H3,(H,15,19). The van der Waals surface area contributed by atoms with E-state index in [9.17, 15) is 9.59 Å². The van der Waals surface area contributed by atoms with Crippen LogP contribution in [-0.2, 0) is 7.05 Å². The van der Waals surface area contributed by atoms with E-state index >= 15 is 0 Å². The van der Waals surface area contributed by atoms with Gasteiger partial charge in [0.15, 0.2) is 0 Å². The minimum atomic E-state index is -0.363. The van der Waals surface area contributed by atoms with Gasteiger partial charge in [-0.05, 0) is 48.1 Å². The monoisotopic (exact) mass is 372 g/mol. The number of nitrogens with one attached hydrogen (secondary N) is 1. The van der Waals surface area contributed by atoms with Crippen LogP contribution in [0.15, 0.2) is 23.1 Å². The molecule has 100 valence electrons. The minimum Gasteiger partial charge on any atom is -0.267 e. The summed E-state index contributed by atoms with van der Waals surface area (Å²) in [6, 6.07) is 3.30. The van der Waals surface area contributed by atoms with Crippen molar-refractivity contribution < 1.29 is 4.79 Å². The summed E-state index contributed by atoms with van der Waals surface area (Å²) in [6.07, 6.45) is 1.60. The van der Waals surface area contributed by atoms with Crippen LogP contribution in [-0.4, -0.2) is 20.4 Å². The molecule has 0 aromatic carbocycles. The van der Waals surface area contributed by atoms with Gasteiger partial charge in [0.05, 0.1) is 9.77 Å². The summed E-state index contributed by atoms with van der Waals surface area (Å²) in [6.45, 7) is 3.60. The van der Waals surface area contributed by atoms with Gasteiger partial charge in [-0.3, -0.25) is 19.7 Å². The topological polar surface area (TPSA) is 68.9 Å². The molecule has 0 unspecified atom stereocenters. The van der Waals surface area contributed by atoms with Gasteiger partial charge in [-0.25, -0.2) is 4.68 Å². The molecule has 2 aromatic rings. The van der Waals surface area contributed by atoms with E-state index in [1.807, 2.05) is 35.6 Å². The van der Waals surface area contributed by atoms with Gasteiger partial charge >= 0.3 is 0 Å². The molecule has 2 aromatic heterocycles. The van der Waals surface area contributed by atoms with E-state index in [2.05, 4.69) is 10.5 Å². The zero-order valence-corrected chi connectivity index (χ0v) is 12.9. The van der Waals surface area contributed by atoms with Crippen molar-refractivity contribution in [2.45, 2.75) is 13.8 Å². The fourth-order valence-electron chi connectivity index (χ4n) is 1.83. The highest BCUT2D eigenvalue weighted by atomic mass is 127. The molecule has 1 N–H and O–H groups in total. The number of carbonyl (C=O) groups is 1. The van der Waals surface area contributed by atoms with Crippen LogP contribution in [0, 0.1) is 17.4 Å². The van der Waals surface area contributed by atoms with E-state index in [0.29, 0.717) is 11.4 Å². The summed E-state index contributed by atoms with van der Waals surface area (Å²) in [5.41, 5.74) is 4.29. The van der Waals surface area contributed by atoms with Gasteiger partial charge < -0.3 is 0 Å². The Labute approximate surface area is 123 Å². The van der Waals surface area contributed by atoms with Gasteiger partial charge in [0.2, 0.25) is 0 Å². The molecular formula is C12H13IN4O2. The first kappa shape index (κ1) is 13.8. The number of hydrogen-bond acceptors (Lipinski definition) is 3. The van der Waals surface area contributed by atoms with Gasteiger partial charge in [0.1, 0.15) is 5.69 Å². The van der Waals surface area contributed by atoms with Crippen LogP contribution in [0.5, 0.6) is 0 Å². The molecule has 7 heteroatoms. The van der Waals surface area contributed by atoms with Crippen molar-refractivity contribution in [1.29, 1.82) is 0 Å². The fraction of sp³-hybridized carbons (Fsp3) is 0.250. The van der Waals surface area contributed by atoms with Crippen molar-refractivity contribution in [3.63, 3.8) is 0 Å². The first-order valence-electron chi connectivity index (χ1n) is 5.59. The van der Waals surface area contributed by atoms with E-state index in [1.54, 1.807) is 20.2 Å². The van der Waals surface area contributed by atoms with Crippen molar-refractivity contribution in [3.8, 4) is 0 Å². The Kier molecular flexibility index (Phi) is 3.74. The summed E-state index contributed by atoms with van der Waals surface area (Å²) in [5.74, 6) is -0.363. The molecule has 0 saturated heterocycles. The van der Waals surface area contributed by atoms with E-state index in [1.165, 1.54) is 15.4 Å². The van der Waals surface area contributed by atoms with Crippen LogP contribution in [0.1, 0.15) is 21.7 Å².